The minimum Gasteiger partial charge on any atom is -0.378 e. The van der Waals surface area contributed by atoms with E-state index in [1.54, 1.807) is 12.4 Å². The molecule has 0 atom stereocenters. The number of benzene rings is 1. The Morgan fingerprint density at radius 1 is 0.923 bits per heavy atom. The van der Waals surface area contributed by atoms with Gasteiger partial charge in [-0.3, -0.25) is 18.9 Å². The minimum atomic E-state index is -0.624. The topological polar surface area (TPSA) is 127 Å². The smallest absolute Gasteiger partial charge is 0.378 e. The first kappa shape index (κ1) is 23.0. The molecule has 0 bridgehead atoms. The molecule has 0 amide bonds. The molecule has 1 N–H and O–H groups in total. The predicted octanol–water partition coefficient (Wildman–Crippen LogP) is 3.69. The number of imidazole rings is 1. The Bertz CT molecular complexity index is 1900. The fourth-order valence-electron chi connectivity index (χ4n) is 4.68. The van der Waals surface area contributed by atoms with Crippen LogP contribution in [-0.2, 0) is 4.74 Å². The van der Waals surface area contributed by atoms with Gasteiger partial charge in [0.15, 0.2) is 17.3 Å². The van der Waals surface area contributed by atoms with Crippen molar-refractivity contribution in [1.82, 2.24) is 34.5 Å². The molecular weight excluding hydrogens is 496 g/mol. The summed E-state index contributed by atoms with van der Waals surface area (Å²) in [7, 11) is 0. The van der Waals surface area contributed by atoms with Gasteiger partial charge >= 0.3 is 5.76 Å². The zero-order valence-electron chi connectivity index (χ0n) is 20.7. The number of ether oxygens (including phenoxy) is 1. The standard InChI is InChI=1S/C28H22N8O3/c37-28-33-25(34-39-28)20-13-19(14-29-15-20)24-16-30-26(35-9-11-38-12-10-35)27-32-22(17-36(24)27)8-7-21-6-5-18-3-1-2-4-23(18)31-21/h1-8,13-17H,9-12H2,(H,33,34,37)/b8-7+. The molecule has 6 aromatic rings. The normalized spacial score (nSPS) is 14.1. The van der Waals surface area contributed by atoms with E-state index in [1.807, 2.05) is 65.3 Å². The molecule has 5 aromatic heterocycles. The maximum Gasteiger partial charge on any atom is 0.439 e. The van der Waals surface area contributed by atoms with Crippen molar-refractivity contribution < 1.29 is 9.26 Å². The number of hydrogen-bond donors (Lipinski definition) is 1. The zero-order valence-corrected chi connectivity index (χ0v) is 20.7. The van der Waals surface area contributed by atoms with E-state index in [-0.39, 0.29) is 0 Å². The van der Waals surface area contributed by atoms with Crippen LogP contribution in [0.1, 0.15) is 11.4 Å². The highest BCUT2D eigenvalue weighted by molar-refractivity contribution is 5.81. The van der Waals surface area contributed by atoms with Crippen LogP contribution in [0.4, 0.5) is 5.82 Å². The highest BCUT2D eigenvalue weighted by Crippen LogP contribution is 2.28. The van der Waals surface area contributed by atoms with Crippen LogP contribution in [0, 0.1) is 0 Å². The number of rotatable bonds is 5. The maximum atomic E-state index is 11.5. The molecule has 0 radical (unpaired) electrons. The number of morpholine rings is 1. The second-order valence-corrected chi connectivity index (χ2v) is 9.09. The SMILES string of the molecule is O=c1[nH]c(-c2cncc(-c3cnc(N4CCOCC4)c4nc(/C=C/c5ccc6ccccc6n5)cn34)c2)no1. The Kier molecular flexibility index (Phi) is 5.67. The molecule has 7 rings (SSSR count). The molecule has 1 fully saturated rings. The minimum absolute atomic E-state index is 0.306. The summed E-state index contributed by atoms with van der Waals surface area (Å²) in [6, 6.07) is 14.0. The van der Waals surface area contributed by atoms with Crippen molar-refractivity contribution in [3.8, 4) is 22.6 Å². The van der Waals surface area contributed by atoms with Gasteiger partial charge in [0.1, 0.15) is 0 Å². The average molecular weight is 519 g/mol. The van der Waals surface area contributed by atoms with E-state index < -0.39 is 5.76 Å². The van der Waals surface area contributed by atoms with Crippen LogP contribution in [0.3, 0.4) is 0 Å². The molecule has 0 spiro atoms. The summed E-state index contributed by atoms with van der Waals surface area (Å²) < 4.78 is 12.2. The molecule has 11 nitrogen and oxygen atoms in total. The van der Waals surface area contributed by atoms with Crippen LogP contribution in [0.15, 0.2) is 76.6 Å². The highest BCUT2D eigenvalue weighted by atomic mass is 16.5. The molecule has 1 aliphatic rings. The van der Waals surface area contributed by atoms with E-state index in [1.165, 1.54) is 0 Å². The van der Waals surface area contributed by atoms with Crippen molar-refractivity contribution in [2.75, 3.05) is 31.2 Å². The molecule has 1 aliphatic heterocycles. The van der Waals surface area contributed by atoms with Crippen LogP contribution in [-0.4, -0.2) is 60.8 Å². The van der Waals surface area contributed by atoms with Crippen molar-refractivity contribution in [2.24, 2.45) is 0 Å². The highest BCUT2D eigenvalue weighted by Gasteiger charge is 2.20. The monoisotopic (exact) mass is 518 g/mol. The Morgan fingerprint density at radius 3 is 2.64 bits per heavy atom. The van der Waals surface area contributed by atoms with Gasteiger partial charge in [-0.05, 0) is 30.4 Å². The predicted molar refractivity (Wildman–Crippen MR) is 146 cm³/mol. The number of nitrogens with one attached hydrogen (secondary N) is 1. The lowest BCUT2D eigenvalue weighted by Gasteiger charge is -2.28. The number of hydrogen-bond acceptors (Lipinski definition) is 9. The number of H-pyrrole nitrogens is 1. The molecule has 0 saturated carbocycles. The number of nitrogens with zero attached hydrogens (tertiary/aromatic N) is 7. The first-order chi connectivity index (χ1) is 19.2. The largest absolute Gasteiger partial charge is 0.439 e. The van der Waals surface area contributed by atoms with Gasteiger partial charge in [0.2, 0.25) is 0 Å². The van der Waals surface area contributed by atoms with Gasteiger partial charge in [-0.1, -0.05) is 29.4 Å². The molecule has 1 saturated heterocycles. The Hall–Kier alpha value is -5.16. The molecule has 39 heavy (non-hydrogen) atoms. The third-order valence-electron chi connectivity index (χ3n) is 6.60. The van der Waals surface area contributed by atoms with Gasteiger partial charge in [-0.15, -0.1) is 0 Å². The second kappa shape index (κ2) is 9.62. The van der Waals surface area contributed by atoms with Crippen LogP contribution in [0.2, 0.25) is 0 Å². The van der Waals surface area contributed by atoms with Gasteiger partial charge in [-0.25, -0.2) is 19.7 Å². The number of aromatic nitrogens is 7. The van der Waals surface area contributed by atoms with E-state index in [9.17, 15) is 4.79 Å². The van der Waals surface area contributed by atoms with Crippen LogP contribution < -0.4 is 10.7 Å². The van der Waals surface area contributed by atoms with Gasteiger partial charge in [0.05, 0.1) is 42.0 Å². The molecule has 0 unspecified atom stereocenters. The maximum absolute atomic E-state index is 11.5. The van der Waals surface area contributed by atoms with Gasteiger partial charge in [-0.2, -0.15) is 0 Å². The number of pyridine rings is 2. The third kappa shape index (κ3) is 4.44. The Labute approximate surface area is 221 Å². The van der Waals surface area contributed by atoms with Gasteiger partial charge in [0, 0.05) is 48.2 Å². The number of aromatic amines is 1. The summed E-state index contributed by atoms with van der Waals surface area (Å²) in [5.74, 6) is 0.470. The summed E-state index contributed by atoms with van der Waals surface area (Å²) in [5, 5.41) is 4.88. The van der Waals surface area contributed by atoms with E-state index in [4.69, 9.17) is 19.7 Å². The van der Waals surface area contributed by atoms with E-state index in [0.29, 0.717) is 24.6 Å². The van der Waals surface area contributed by atoms with Crippen molar-refractivity contribution >= 4 is 34.5 Å². The van der Waals surface area contributed by atoms with Crippen molar-refractivity contribution in [3.63, 3.8) is 0 Å². The van der Waals surface area contributed by atoms with Crippen LogP contribution in [0.5, 0.6) is 0 Å². The van der Waals surface area contributed by atoms with E-state index in [0.717, 1.165) is 58.1 Å². The summed E-state index contributed by atoms with van der Waals surface area (Å²) in [6.07, 6.45) is 11.0. The Morgan fingerprint density at radius 2 is 1.77 bits per heavy atom. The quantitative estimate of drug-likeness (QED) is 0.363. The lowest BCUT2D eigenvalue weighted by atomic mass is 10.1. The van der Waals surface area contributed by atoms with Gasteiger partial charge in [0.25, 0.3) is 0 Å². The number of anilines is 1. The lowest BCUT2D eigenvalue weighted by molar-refractivity contribution is 0.122. The fraction of sp³-hybridized carbons (Fsp3) is 0.143. The van der Waals surface area contributed by atoms with Crippen molar-refractivity contribution in [2.45, 2.75) is 0 Å². The first-order valence-electron chi connectivity index (χ1n) is 12.5. The number of para-hydroxylation sites is 1. The molecule has 6 heterocycles. The van der Waals surface area contributed by atoms with Crippen LogP contribution >= 0.6 is 0 Å². The summed E-state index contributed by atoms with van der Waals surface area (Å²) in [5.41, 5.74) is 5.46. The molecule has 1 aromatic carbocycles. The Balaban J connectivity index is 1.32. The summed E-state index contributed by atoms with van der Waals surface area (Å²) in [4.78, 5) is 35.1. The summed E-state index contributed by atoms with van der Waals surface area (Å²) >= 11 is 0. The van der Waals surface area contributed by atoms with Crippen molar-refractivity contribution in [3.05, 3.63) is 89.2 Å². The van der Waals surface area contributed by atoms with E-state index in [2.05, 4.69) is 30.6 Å². The lowest BCUT2D eigenvalue weighted by Crippen LogP contribution is -2.37. The first-order valence-corrected chi connectivity index (χ1v) is 12.5. The average Bonchev–Trinajstić information content (AvgIpc) is 3.62. The zero-order chi connectivity index (χ0) is 26.2. The summed E-state index contributed by atoms with van der Waals surface area (Å²) in [6.45, 7) is 2.74. The van der Waals surface area contributed by atoms with Crippen LogP contribution in [0.25, 0.3) is 51.3 Å². The number of fused-ring (bicyclic) bond motifs is 2. The molecular formula is C28H22N8O3. The van der Waals surface area contributed by atoms with E-state index >= 15 is 0 Å². The van der Waals surface area contributed by atoms with Crippen molar-refractivity contribution in [1.29, 1.82) is 0 Å². The fourth-order valence-corrected chi connectivity index (χ4v) is 4.68. The van der Waals surface area contributed by atoms with Gasteiger partial charge < -0.3 is 9.64 Å². The molecule has 0 aliphatic carbocycles. The molecule has 11 heteroatoms. The molecule has 192 valence electrons. The third-order valence-corrected chi connectivity index (χ3v) is 6.60. The second-order valence-electron chi connectivity index (χ2n) is 9.09.